The lowest BCUT2D eigenvalue weighted by Gasteiger charge is -2.31. The van der Waals surface area contributed by atoms with Gasteiger partial charge in [-0.05, 0) is 61.4 Å². The Morgan fingerprint density at radius 3 is 2.35 bits per heavy atom. The van der Waals surface area contributed by atoms with Crippen LogP contribution in [0.1, 0.15) is 28.1 Å². The monoisotopic (exact) mass is 479 g/mol. The summed E-state index contributed by atoms with van der Waals surface area (Å²) < 4.78 is 10.5. The van der Waals surface area contributed by atoms with Crippen LogP contribution in [0.15, 0.2) is 54.7 Å². The summed E-state index contributed by atoms with van der Waals surface area (Å²) in [5.74, 6) is 0.488. The summed E-state index contributed by atoms with van der Waals surface area (Å²) in [5, 5.41) is 11.1. The molecule has 1 aromatic heterocycles. The molecule has 0 atom stereocenters. The Labute approximate surface area is 201 Å². The van der Waals surface area contributed by atoms with E-state index in [1.807, 2.05) is 24.3 Å². The third kappa shape index (κ3) is 5.52. The molecule has 176 valence electrons. The van der Waals surface area contributed by atoms with Crippen LogP contribution in [0, 0.1) is 11.3 Å². The minimum atomic E-state index is -0.493. The number of hydrogen-bond acceptors (Lipinski definition) is 8. The van der Waals surface area contributed by atoms with Gasteiger partial charge in [0.1, 0.15) is 22.2 Å². The SMILES string of the molecule is COc1ccc(NC(=O)C2CCN(c3ncc(C(=O)Oc4ccc(C(=N)N)cc4)s3)CC2)cc1. The van der Waals surface area contributed by atoms with Gasteiger partial charge in [0.2, 0.25) is 5.91 Å². The molecule has 0 bridgehead atoms. The number of aromatic nitrogens is 1. The van der Waals surface area contributed by atoms with E-state index in [1.54, 1.807) is 31.4 Å². The summed E-state index contributed by atoms with van der Waals surface area (Å²) in [7, 11) is 1.60. The number of nitrogens with one attached hydrogen (secondary N) is 2. The molecule has 34 heavy (non-hydrogen) atoms. The molecule has 1 aliphatic heterocycles. The molecule has 1 fully saturated rings. The number of esters is 1. The minimum Gasteiger partial charge on any atom is -0.497 e. The first-order valence-corrected chi connectivity index (χ1v) is 11.6. The van der Waals surface area contributed by atoms with Gasteiger partial charge in [-0.3, -0.25) is 10.2 Å². The molecule has 0 saturated carbocycles. The van der Waals surface area contributed by atoms with Crippen molar-refractivity contribution in [3.05, 3.63) is 65.2 Å². The van der Waals surface area contributed by atoms with Crippen molar-refractivity contribution in [2.45, 2.75) is 12.8 Å². The highest BCUT2D eigenvalue weighted by atomic mass is 32.1. The van der Waals surface area contributed by atoms with Crippen molar-refractivity contribution < 1.29 is 19.1 Å². The molecule has 1 aliphatic rings. The Morgan fingerprint density at radius 2 is 1.74 bits per heavy atom. The Balaban J connectivity index is 1.29. The highest BCUT2D eigenvalue weighted by Gasteiger charge is 2.27. The lowest BCUT2D eigenvalue weighted by molar-refractivity contribution is -0.120. The molecule has 0 radical (unpaired) electrons. The Bertz CT molecular complexity index is 1170. The van der Waals surface area contributed by atoms with E-state index in [9.17, 15) is 9.59 Å². The molecular weight excluding hydrogens is 454 g/mol. The first-order valence-electron chi connectivity index (χ1n) is 10.8. The fraction of sp³-hybridized carbons (Fsp3) is 0.250. The number of rotatable bonds is 7. The van der Waals surface area contributed by atoms with Crippen LogP contribution >= 0.6 is 11.3 Å². The van der Waals surface area contributed by atoms with E-state index in [2.05, 4.69) is 15.2 Å². The van der Waals surface area contributed by atoms with E-state index in [1.165, 1.54) is 17.5 Å². The number of amides is 1. The quantitative estimate of drug-likeness (QED) is 0.205. The van der Waals surface area contributed by atoms with Crippen LogP contribution in [-0.2, 0) is 4.79 Å². The van der Waals surface area contributed by atoms with E-state index < -0.39 is 5.97 Å². The highest BCUT2D eigenvalue weighted by molar-refractivity contribution is 7.17. The minimum absolute atomic E-state index is 0.00372. The van der Waals surface area contributed by atoms with E-state index in [0.717, 1.165) is 16.6 Å². The second kappa shape index (κ2) is 10.3. The second-order valence-corrected chi connectivity index (χ2v) is 8.82. The molecule has 4 rings (SSSR count). The number of benzene rings is 2. The van der Waals surface area contributed by atoms with E-state index in [-0.39, 0.29) is 17.7 Å². The number of methoxy groups -OCH3 is 1. The summed E-state index contributed by atoms with van der Waals surface area (Å²) in [5.41, 5.74) is 6.74. The summed E-state index contributed by atoms with van der Waals surface area (Å²) in [6.45, 7) is 1.35. The van der Waals surface area contributed by atoms with Crippen molar-refractivity contribution in [1.29, 1.82) is 5.41 Å². The standard InChI is InChI=1S/C24H25N5O4S/c1-32-18-8-4-17(5-9-18)28-22(30)16-10-12-29(13-11-16)24-27-14-20(34-24)23(31)33-19-6-2-15(3-7-19)21(25)26/h2-9,14,16H,10-13H2,1H3,(H3,25,26)(H,28,30). The highest BCUT2D eigenvalue weighted by Crippen LogP contribution is 2.29. The predicted molar refractivity (Wildman–Crippen MR) is 131 cm³/mol. The van der Waals surface area contributed by atoms with Gasteiger partial charge in [0.15, 0.2) is 5.13 Å². The third-order valence-corrected chi connectivity index (χ3v) is 6.60. The molecule has 0 spiro atoms. The number of hydrogen-bond donors (Lipinski definition) is 3. The van der Waals surface area contributed by atoms with Gasteiger partial charge < -0.3 is 25.4 Å². The van der Waals surface area contributed by atoms with Gasteiger partial charge in [0, 0.05) is 30.3 Å². The maximum Gasteiger partial charge on any atom is 0.355 e. The first kappa shape index (κ1) is 23.2. The number of piperidine rings is 1. The van der Waals surface area contributed by atoms with Gasteiger partial charge in [-0.15, -0.1) is 0 Å². The van der Waals surface area contributed by atoms with Crippen LogP contribution in [0.25, 0.3) is 0 Å². The molecule has 1 saturated heterocycles. The van der Waals surface area contributed by atoms with Gasteiger partial charge in [0.05, 0.1) is 13.3 Å². The number of thiazole rings is 1. The first-order chi connectivity index (χ1) is 16.4. The summed E-state index contributed by atoms with van der Waals surface area (Å²) in [6.07, 6.45) is 2.91. The number of nitrogen functional groups attached to an aromatic ring is 1. The number of carbonyl (C=O) groups is 2. The number of ether oxygens (including phenoxy) is 2. The average Bonchev–Trinajstić information content (AvgIpc) is 3.35. The number of amidine groups is 1. The maximum absolute atomic E-state index is 12.6. The molecule has 2 heterocycles. The zero-order valence-corrected chi connectivity index (χ0v) is 19.4. The Kier molecular flexibility index (Phi) is 7.07. The maximum atomic E-state index is 12.6. The van der Waals surface area contributed by atoms with Crippen LogP contribution in [0.3, 0.4) is 0 Å². The van der Waals surface area contributed by atoms with Gasteiger partial charge in [-0.25, -0.2) is 9.78 Å². The summed E-state index contributed by atoms with van der Waals surface area (Å²) >= 11 is 1.26. The van der Waals surface area contributed by atoms with E-state index in [0.29, 0.717) is 42.1 Å². The number of carbonyl (C=O) groups excluding carboxylic acids is 2. The third-order valence-electron chi connectivity index (χ3n) is 5.56. The van der Waals surface area contributed by atoms with Crippen LogP contribution in [-0.4, -0.2) is 42.9 Å². The van der Waals surface area contributed by atoms with Crippen LogP contribution < -0.4 is 25.4 Å². The van der Waals surface area contributed by atoms with Crippen molar-refractivity contribution in [3.8, 4) is 11.5 Å². The average molecular weight is 480 g/mol. The Hall–Kier alpha value is -3.92. The van der Waals surface area contributed by atoms with Crippen molar-refractivity contribution in [2.24, 2.45) is 11.7 Å². The fourth-order valence-corrected chi connectivity index (χ4v) is 4.46. The van der Waals surface area contributed by atoms with E-state index in [4.69, 9.17) is 20.6 Å². The second-order valence-electron chi connectivity index (χ2n) is 7.81. The predicted octanol–water partition coefficient (Wildman–Crippen LogP) is 3.51. The summed E-state index contributed by atoms with van der Waals surface area (Å²) in [4.78, 5) is 32.0. The van der Waals surface area contributed by atoms with Gasteiger partial charge in [-0.2, -0.15) is 0 Å². The van der Waals surface area contributed by atoms with Crippen LogP contribution in [0.4, 0.5) is 10.8 Å². The molecule has 4 N–H and O–H groups in total. The van der Waals surface area contributed by atoms with Gasteiger partial charge in [0.25, 0.3) is 0 Å². The number of nitrogens with two attached hydrogens (primary N) is 1. The lowest BCUT2D eigenvalue weighted by atomic mass is 9.96. The van der Waals surface area contributed by atoms with Crippen molar-refractivity contribution in [2.75, 3.05) is 30.4 Å². The molecular formula is C24H25N5O4S. The fourth-order valence-electron chi connectivity index (χ4n) is 3.62. The van der Waals surface area contributed by atoms with Crippen molar-refractivity contribution in [1.82, 2.24) is 4.98 Å². The zero-order valence-electron chi connectivity index (χ0n) is 18.6. The lowest BCUT2D eigenvalue weighted by Crippen LogP contribution is -2.38. The topological polar surface area (TPSA) is 131 Å². The molecule has 10 heteroatoms. The zero-order chi connectivity index (χ0) is 24.1. The molecule has 0 unspecified atom stereocenters. The van der Waals surface area contributed by atoms with E-state index >= 15 is 0 Å². The van der Waals surface area contributed by atoms with Crippen molar-refractivity contribution >= 4 is 39.9 Å². The molecule has 3 aromatic rings. The molecule has 2 aromatic carbocycles. The molecule has 1 amide bonds. The number of nitrogens with zero attached hydrogens (tertiary/aromatic N) is 2. The molecule has 9 nitrogen and oxygen atoms in total. The van der Waals surface area contributed by atoms with Gasteiger partial charge >= 0.3 is 5.97 Å². The molecule has 0 aliphatic carbocycles. The van der Waals surface area contributed by atoms with Crippen LogP contribution in [0.5, 0.6) is 11.5 Å². The largest absolute Gasteiger partial charge is 0.497 e. The normalized spacial score (nSPS) is 13.9. The summed E-state index contributed by atoms with van der Waals surface area (Å²) in [6, 6.07) is 13.7. The van der Waals surface area contributed by atoms with Crippen molar-refractivity contribution in [3.63, 3.8) is 0 Å². The van der Waals surface area contributed by atoms with Crippen LogP contribution in [0.2, 0.25) is 0 Å². The smallest absolute Gasteiger partial charge is 0.355 e. The Morgan fingerprint density at radius 1 is 1.09 bits per heavy atom. The number of anilines is 2. The van der Waals surface area contributed by atoms with Gasteiger partial charge in [-0.1, -0.05) is 11.3 Å².